The van der Waals surface area contributed by atoms with E-state index in [9.17, 15) is 9.59 Å². The van der Waals surface area contributed by atoms with Gasteiger partial charge in [-0.15, -0.1) is 0 Å². The van der Waals surface area contributed by atoms with Gasteiger partial charge in [-0.05, 0) is 18.9 Å². The van der Waals surface area contributed by atoms with Crippen molar-refractivity contribution >= 4 is 22.8 Å². The van der Waals surface area contributed by atoms with Gasteiger partial charge in [0.2, 0.25) is 0 Å². The molecule has 3 N–H and O–H groups in total. The Morgan fingerprint density at radius 3 is 2.86 bits per heavy atom. The molecule has 1 heterocycles. The van der Waals surface area contributed by atoms with Crippen LogP contribution in [0.25, 0.3) is 10.9 Å². The number of fused-ring (bicyclic) bond motifs is 1. The minimum atomic E-state index is -1.04. The highest BCUT2D eigenvalue weighted by Gasteiger charge is 2.21. The molecule has 112 valence electrons. The summed E-state index contributed by atoms with van der Waals surface area (Å²) < 4.78 is 4.90. The number of aromatic amines is 1. The minimum Gasteiger partial charge on any atom is -0.480 e. The number of para-hydroxylation sites is 1. The van der Waals surface area contributed by atoms with Crippen molar-refractivity contribution in [1.29, 1.82) is 0 Å². The maximum absolute atomic E-state index is 12.2. The number of rotatable bonds is 7. The fourth-order valence-corrected chi connectivity index (χ4v) is 2.18. The molecule has 0 aliphatic rings. The van der Waals surface area contributed by atoms with Crippen LogP contribution in [0.3, 0.4) is 0 Å². The van der Waals surface area contributed by atoms with Crippen LogP contribution >= 0.6 is 0 Å². The van der Waals surface area contributed by atoms with Gasteiger partial charge in [-0.2, -0.15) is 0 Å². The predicted octanol–water partition coefficient (Wildman–Crippen LogP) is 1.78. The Balaban J connectivity index is 2.09. The number of ether oxygens (including phenoxy) is 1. The smallest absolute Gasteiger partial charge is 0.326 e. The molecule has 0 spiro atoms. The van der Waals surface area contributed by atoms with Crippen molar-refractivity contribution in [3.05, 3.63) is 36.0 Å². The fraction of sp³-hybridized carbons (Fsp3) is 0.333. The van der Waals surface area contributed by atoms with Crippen LogP contribution in [0.4, 0.5) is 0 Å². The lowest BCUT2D eigenvalue weighted by atomic mass is 10.1. The number of hydrogen-bond acceptors (Lipinski definition) is 3. The summed E-state index contributed by atoms with van der Waals surface area (Å²) in [5, 5.41) is 12.5. The summed E-state index contributed by atoms with van der Waals surface area (Å²) in [6, 6.07) is 6.47. The van der Waals surface area contributed by atoms with Gasteiger partial charge in [0.15, 0.2) is 0 Å². The molecule has 0 bridgehead atoms. The Bertz CT molecular complexity index is 635. The highest BCUT2D eigenvalue weighted by molar-refractivity contribution is 6.07. The molecular formula is C15H18N2O4. The number of hydrogen-bond donors (Lipinski definition) is 3. The highest BCUT2D eigenvalue weighted by atomic mass is 16.5. The molecule has 2 rings (SSSR count). The summed E-state index contributed by atoms with van der Waals surface area (Å²) in [6.45, 7) is 0.465. The number of aliphatic carboxylic acids is 1. The third kappa shape index (κ3) is 3.61. The molecule has 6 nitrogen and oxygen atoms in total. The fourth-order valence-electron chi connectivity index (χ4n) is 2.18. The molecule has 21 heavy (non-hydrogen) atoms. The second-order valence-electron chi connectivity index (χ2n) is 4.75. The van der Waals surface area contributed by atoms with Gasteiger partial charge >= 0.3 is 5.97 Å². The van der Waals surface area contributed by atoms with E-state index in [1.165, 1.54) is 0 Å². The van der Waals surface area contributed by atoms with Crippen molar-refractivity contribution in [3.63, 3.8) is 0 Å². The minimum absolute atomic E-state index is 0.331. The number of carboxylic acid groups (broad SMARTS) is 1. The Morgan fingerprint density at radius 2 is 2.14 bits per heavy atom. The Kier molecular flexibility index (Phi) is 4.94. The highest BCUT2D eigenvalue weighted by Crippen LogP contribution is 2.17. The average Bonchev–Trinajstić information content (AvgIpc) is 2.90. The standard InChI is InChI=1S/C15H18N2O4/c1-21-8-4-7-13(15(19)20)17-14(18)11-9-16-12-6-3-2-5-10(11)12/h2-3,5-6,9,13,16H,4,7-8H2,1H3,(H,17,18)(H,19,20). The SMILES string of the molecule is COCCCC(NC(=O)c1c[nH]c2ccccc12)C(=O)O. The number of carboxylic acids is 1. The second-order valence-corrected chi connectivity index (χ2v) is 4.75. The molecule has 0 saturated heterocycles. The number of H-pyrrole nitrogens is 1. The van der Waals surface area contributed by atoms with Crippen molar-refractivity contribution in [1.82, 2.24) is 10.3 Å². The molecule has 1 atom stereocenters. The van der Waals surface area contributed by atoms with Crippen molar-refractivity contribution < 1.29 is 19.4 Å². The van der Waals surface area contributed by atoms with Crippen LogP contribution in [0.5, 0.6) is 0 Å². The zero-order valence-corrected chi connectivity index (χ0v) is 11.8. The molecule has 0 aliphatic carbocycles. The maximum Gasteiger partial charge on any atom is 0.326 e. The van der Waals surface area contributed by atoms with Crippen molar-refractivity contribution in [2.45, 2.75) is 18.9 Å². The Hall–Kier alpha value is -2.34. The zero-order chi connectivity index (χ0) is 15.2. The third-order valence-electron chi connectivity index (χ3n) is 3.28. The van der Waals surface area contributed by atoms with E-state index in [0.29, 0.717) is 25.0 Å². The second kappa shape index (κ2) is 6.90. The monoisotopic (exact) mass is 290 g/mol. The first-order chi connectivity index (χ1) is 10.1. The lowest BCUT2D eigenvalue weighted by Crippen LogP contribution is -2.40. The first-order valence-electron chi connectivity index (χ1n) is 6.72. The molecule has 1 amide bonds. The van der Waals surface area contributed by atoms with E-state index in [1.807, 2.05) is 24.3 Å². The lowest BCUT2D eigenvalue weighted by molar-refractivity contribution is -0.139. The third-order valence-corrected chi connectivity index (χ3v) is 3.28. The quantitative estimate of drug-likeness (QED) is 0.678. The predicted molar refractivity (Wildman–Crippen MR) is 78.3 cm³/mol. The summed E-state index contributed by atoms with van der Waals surface area (Å²) in [5.41, 5.74) is 1.29. The van der Waals surface area contributed by atoms with Crippen LogP contribution in [-0.4, -0.2) is 41.7 Å². The molecule has 0 fully saturated rings. The number of methoxy groups -OCH3 is 1. The molecule has 2 aromatic rings. The molecule has 1 unspecified atom stereocenters. The van der Waals surface area contributed by atoms with E-state index in [-0.39, 0.29) is 0 Å². The largest absolute Gasteiger partial charge is 0.480 e. The average molecular weight is 290 g/mol. The van der Waals surface area contributed by atoms with Gasteiger partial charge in [0.25, 0.3) is 5.91 Å². The number of aromatic nitrogens is 1. The topological polar surface area (TPSA) is 91.4 Å². The molecular weight excluding hydrogens is 272 g/mol. The van der Waals surface area contributed by atoms with Crippen LogP contribution in [-0.2, 0) is 9.53 Å². The number of nitrogens with one attached hydrogen (secondary N) is 2. The van der Waals surface area contributed by atoms with Crippen LogP contribution in [0.15, 0.2) is 30.5 Å². The zero-order valence-electron chi connectivity index (χ0n) is 11.8. The first-order valence-corrected chi connectivity index (χ1v) is 6.72. The van der Waals surface area contributed by atoms with Gasteiger partial charge in [0.05, 0.1) is 5.56 Å². The van der Waals surface area contributed by atoms with Crippen molar-refractivity contribution in [3.8, 4) is 0 Å². The van der Waals surface area contributed by atoms with Crippen LogP contribution < -0.4 is 5.32 Å². The molecule has 1 aromatic carbocycles. The first kappa shape index (κ1) is 15.1. The number of amides is 1. The lowest BCUT2D eigenvalue weighted by Gasteiger charge is -2.13. The summed E-state index contributed by atoms with van der Waals surface area (Å²) in [7, 11) is 1.56. The van der Waals surface area contributed by atoms with Gasteiger partial charge in [-0.25, -0.2) is 4.79 Å². The maximum atomic E-state index is 12.2. The van der Waals surface area contributed by atoms with Gasteiger partial charge in [-0.1, -0.05) is 18.2 Å². The summed E-state index contributed by atoms with van der Waals surface area (Å²) in [4.78, 5) is 26.4. The van der Waals surface area contributed by atoms with Gasteiger partial charge in [0, 0.05) is 30.8 Å². The van der Waals surface area contributed by atoms with Crippen LogP contribution in [0, 0.1) is 0 Å². The molecule has 6 heteroatoms. The van der Waals surface area contributed by atoms with E-state index in [4.69, 9.17) is 9.84 Å². The summed E-state index contributed by atoms with van der Waals surface area (Å²) in [6.07, 6.45) is 2.49. The number of carbonyl (C=O) groups is 2. The summed E-state index contributed by atoms with van der Waals surface area (Å²) in [5.74, 6) is -1.43. The van der Waals surface area contributed by atoms with Crippen LogP contribution in [0.1, 0.15) is 23.2 Å². The Morgan fingerprint density at radius 1 is 1.38 bits per heavy atom. The van der Waals surface area contributed by atoms with Crippen molar-refractivity contribution in [2.24, 2.45) is 0 Å². The van der Waals surface area contributed by atoms with Gasteiger partial charge in [0.1, 0.15) is 6.04 Å². The van der Waals surface area contributed by atoms with E-state index in [1.54, 1.807) is 13.3 Å². The van der Waals surface area contributed by atoms with Gasteiger partial charge in [-0.3, -0.25) is 4.79 Å². The summed E-state index contributed by atoms with van der Waals surface area (Å²) >= 11 is 0. The van der Waals surface area contributed by atoms with Crippen LogP contribution in [0.2, 0.25) is 0 Å². The van der Waals surface area contributed by atoms with Gasteiger partial charge < -0.3 is 20.1 Å². The van der Waals surface area contributed by atoms with Crippen molar-refractivity contribution in [2.75, 3.05) is 13.7 Å². The van der Waals surface area contributed by atoms with E-state index >= 15 is 0 Å². The number of benzene rings is 1. The Labute approximate surface area is 122 Å². The van der Waals surface area contributed by atoms with E-state index in [2.05, 4.69) is 10.3 Å². The molecule has 1 aromatic heterocycles. The van der Waals surface area contributed by atoms with E-state index < -0.39 is 17.9 Å². The van der Waals surface area contributed by atoms with E-state index in [0.717, 1.165) is 10.9 Å². The molecule has 0 radical (unpaired) electrons. The molecule has 0 saturated carbocycles. The molecule has 0 aliphatic heterocycles. The normalized spacial score (nSPS) is 12.2. The number of carbonyl (C=O) groups excluding carboxylic acids is 1.